The molecular formula is C12H20N6O2. The molecule has 2 heterocycles. The minimum absolute atomic E-state index is 0.0177. The van der Waals surface area contributed by atoms with Crippen LogP contribution in [-0.4, -0.2) is 50.5 Å². The normalized spacial score (nSPS) is 15.8. The van der Waals surface area contributed by atoms with E-state index in [9.17, 15) is 9.59 Å². The third-order valence-corrected chi connectivity index (χ3v) is 2.88. The Kier molecular flexibility index (Phi) is 4.03. The average molecular weight is 280 g/mol. The maximum Gasteiger partial charge on any atom is 0.324 e. The molecule has 1 fully saturated rings. The van der Waals surface area contributed by atoms with Gasteiger partial charge in [-0.2, -0.15) is 0 Å². The molecule has 0 atom stereocenters. The summed E-state index contributed by atoms with van der Waals surface area (Å²) >= 11 is 0. The number of imide groups is 1. The monoisotopic (exact) mass is 280 g/mol. The van der Waals surface area contributed by atoms with Crippen LogP contribution in [0.2, 0.25) is 0 Å². The standard InChI is InChI=1S/C12H20N6O2/c1-12(2,3)14-6-9-8-17(16-15-9)4-5-18-10(19)7-13-11(18)20/h8,14H,4-7H2,1-3H3,(H,13,20). The minimum Gasteiger partial charge on any atom is -0.329 e. The van der Waals surface area contributed by atoms with Gasteiger partial charge in [-0.1, -0.05) is 5.21 Å². The van der Waals surface area contributed by atoms with Gasteiger partial charge in [0.15, 0.2) is 0 Å². The van der Waals surface area contributed by atoms with Gasteiger partial charge in [0.1, 0.15) is 0 Å². The number of hydrogen-bond acceptors (Lipinski definition) is 5. The molecule has 1 aromatic rings. The van der Waals surface area contributed by atoms with E-state index in [0.29, 0.717) is 19.6 Å². The van der Waals surface area contributed by atoms with E-state index in [0.717, 1.165) is 5.69 Å². The van der Waals surface area contributed by atoms with Crippen LogP contribution in [0.4, 0.5) is 4.79 Å². The van der Waals surface area contributed by atoms with Gasteiger partial charge < -0.3 is 10.6 Å². The Balaban J connectivity index is 1.84. The number of amides is 3. The number of carbonyl (C=O) groups excluding carboxylic acids is 2. The van der Waals surface area contributed by atoms with Crippen molar-refractivity contribution in [3.05, 3.63) is 11.9 Å². The van der Waals surface area contributed by atoms with Crippen molar-refractivity contribution in [1.29, 1.82) is 0 Å². The summed E-state index contributed by atoms with van der Waals surface area (Å²) in [5, 5.41) is 13.8. The second-order valence-corrected chi connectivity index (χ2v) is 5.78. The van der Waals surface area contributed by atoms with Crippen molar-refractivity contribution in [2.45, 2.75) is 39.4 Å². The molecule has 8 nitrogen and oxygen atoms in total. The fourth-order valence-corrected chi connectivity index (χ4v) is 1.77. The van der Waals surface area contributed by atoms with Crippen molar-refractivity contribution in [2.24, 2.45) is 0 Å². The molecule has 2 N–H and O–H groups in total. The van der Waals surface area contributed by atoms with Crippen LogP contribution in [0.5, 0.6) is 0 Å². The average Bonchev–Trinajstić information content (AvgIpc) is 2.92. The molecule has 110 valence electrons. The minimum atomic E-state index is -0.343. The summed E-state index contributed by atoms with van der Waals surface area (Å²) in [6, 6.07) is -0.343. The molecule has 1 aromatic heterocycles. The highest BCUT2D eigenvalue weighted by Crippen LogP contribution is 2.03. The molecule has 8 heteroatoms. The molecule has 0 spiro atoms. The smallest absolute Gasteiger partial charge is 0.324 e. The van der Waals surface area contributed by atoms with Crippen LogP contribution in [0.25, 0.3) is 0 Å². The third-order valence-electron chi connectivity index (χ3n) is 2.88. The predicted molar refractivity (Wildman–Crippen MR) is 71.7 cm³/mol. The maximum atomic E-state index is 11.4. The SMILES string of the molecule is CC(C)(C)NCc1cn(CCN2C(=O)CNC2=O)nn1. The summed E-state index contributed by atoms with van der Waals surface area (Å²) in [6.07, 6.45) is 1.82. The summed E-state index contributed by atoms with van der Waals surface area (Å²) in [5.41, 5.74) is 0.848. The molecular weight excluding hydrogens is 260 g/mol. The van der Waals surface area contributed by atoms with Crippen LogP contribution in [0.15, 0.2) is 6.20 Å². The van der Waals surface area contributed by atoms with E-state index < -0.39 is 0 Å². The maximum absolute atomic E-state index is 11.4. The van der Waals surface area contributed by atoms with Gasteiger partial charge in [0.2, 0.25) is 5.91 Å². The number of hydrogen-bond donors (Lipinski definition) is 2. The van der Waals surface area contributed by atoms with Crippen molar-refractivity contribution < 1.29 is 9.59 Å². The highest BCUT2D eigenvalue weighted by molar-refractivity contribution is 6.01. The highest BCUT2D eigenvalue weighted by Gasteiger charge is 2.27. The first-order chi connectivity index (χ1) is 9.35. The summed E-state index contributed by atoms with van der Waals surface area (Å²) in [5.74, 6) is -0.204. The summed E-state index contributed by atoms with van der Waals surface area (Å²) in [7, 11) is 0. The molecule has 0 bridgehead atoms. The molecule has 20 heavy (non-hydrogen) atoms. The van der Waals surface area contributed by atoms with Crippen LogP contribution >= 0.6 is 0 Å². The fraction of sp³-hybridized carbons (Fsp3) is 0.667. The predicted octanol–water partition coefficient (Wildman–Crippen LogP) is -0.282. The summed E-state index contributed by atoms with van der Waals surface area (Å²) in [4.78, 5) is 24.0. The lowest BCUT2D eigenvalue weighted by Gasteiger charge is -2.19. The molecule has 1 aliphatic heterocycles. The zero-order valence-corrected chi connectivity index (χ0v) is 12.0. The largest absolute Gasteiger partial charge is 0.329 e. The Labute approximate surface area is 117 Å². The summed E-state index contributed by atoms with van der Waals surface area (Å²) < 4.78 is 1.64. The zero-order chi connectivity index (χ0) is 14.8. The molecule has 2 rings (SSSR count). The lowest BCUT2D eigenvalue weighted by molar-refractivity contribution is -0.125. The third kappa shape index (κ3) is 3.77. The Morgan fingerprint density at radius 2 is 2.10 bits per heavy atom. The van der Waals surface area contributed by atoms with Gasteiger partial charge in [-0.3, -0.25) is 14.4 Å². The molecule has 0 saturated carbocycles. The first kappa shape index (κ1) is 14.4. The number of nitrogens with zero attached hydrogens (tertiary/aromatic N) is 4. The van der Waals surface area contributed by atoms with Crippen LogP contribution in [-0.2, 0) is 17.9 Å². The second-order valence-electron chi connectivity index (χ2n) is 5.78. The van der Waals surface area contributed by atoms with Gasteiger partial charge >= 0.3 is 6.03 Å². The second kappa shape index (κ2) is 5.58. The van der Waals surface area contributed by atoms with E-state index in [1.165, 1.54) is 4.90 Å². The molecule has 3 amide bonds. The Morgan fingerprint density at radius 1 is 1.35 bits per heavy atom. The van der Waals surface area contributed by atoms with Gasteiger partial charge in [0.25, 0.3) is 0 Å². The summed E-state index contributed by atoms with van der Waals surface area (Å²) in [6.45, 7) is 7.70. The molecule has 0 radical (unpaired) electrons. The zero-order valence-electron chi connectivity index (χ0n) is 12.0. The topological polar surface area (TPSA) is 92.2 Å². The van der Waals surface area contributed by atoms with Crippen LogP contribution in [0, 0.1) is 0 Å². The number of rotatable bonds is 5. The lowest BCUT2D eigenvalue weighted by Crippen LogP contribution is -2.35. The van der Waals surface area contributed by atoms with E-state index in [1.807, 2.05) is 6.20 Å². The molecule has 0 aliphatic carbocycles. The van der Waals surface area contributed by atoms with Crippen LogP contribution in [0.3, 0.4) is 0 Å². The number of urea groups is 1. The first-order valence-electron chi connectivity index (χ1n) is 6.57. The van der Waals surface area contributed by atoms with Crippen molar-refractivity contribution >= 4 is 11.9 Å². The fourth-order valence-electron chi connectivity index (χ4n) is 1.77. The van der Waals surface area contributed by atoms with Crippen molar-refractivity contribution in [3.63, 3.8) is 0 Å². The van der Waals surface area contributed by atoms with Crippen molar-refractivity contribution in [1.82, 2.24) is 30.5 Å². The van der Waals surface area contributed by atoms with Gasteiger partial charge in [0, 0.05) is 18.3 Å². The Bertz CT molecular complexity index is 488. The van der Waals surface area contributed by atoms with Gasteiger partial charge in [-0.15, -0.1) is 5.10 Å². The molecule has 0 unspecified atom stereocenters. The van der Waals surface area contributed by atoms with Gasteiger partial charge in [0.05, 0.1) is 25.3 Å². The number of nitrogens with one attached hydrogen (secondary N) is 2. The molecule has 1 saturated heterocycles. The Morgan fingerprint density at radius 3 is 2.70 bits per heavy atom. The molecule has 0 aromatic carbocycles. The number of aromatic nitrogens is 3. The first-order valence-corrected chi connectivity index (χ1v) is 6.57. The number of carbonyl (C=O) groups is 2. The quantitative estimate of drug-likeness (QED) is 0.724. The van der Waals surface area contributed by atoms with Crippen LogP contribution in [0.1, 0.15) is 26.5 Å². The van der Waals surface area contributed by atoms with Crippen molar-refractivity contribution in [2.75, 3.05) is 13.1 Å². The van der Waals surface area contributed by atoms with E-state index in [1.54, 1.807) is 4.68 Å². The van der Waals surface area contributed by atoms with Gasteiger partial charge in [-0.05, 0) is 20.8 Å². The highest BCUT2D eigenvalue weighted by atomic mass is 16.2. The van der Waals surface area contributed by atoms with E-state index in [4.69, 9.17) is 0 Å². The lowest BCUT2D eigenvalue weighted by atomic mass is 10.1. The molecule has 1 aliphatic rings. The van der Waals surface area contributed by atoms with Gasteiger partial charge in [-0.25, -0.2) is 4.79 Å². The van der Waals surface area contributed by atoms with E-state index in [2.05, 4.69) is 41.7 Å². The van der Waals surface area contributed by atoms with Crippen molar-refractivity contribution in [3.8, 4) is 0 Å². The Hall–Kier alpha value is -1.96. The van der Waals surface area contributed by atoms with Crippen LogP contribution < -0.4 is 10.6 Å². The van der Waals surface area contributed by atoms with E-state index in [-0.39, 0.29) is 24.0 Å². The van der Waals surface area contributed by atoms with E-state index >= 15 is 0 Å².